The van der Waals surface area contributed by atoms with Gasteiger partial charge < -0.3 is 11.1 Å². The fourth-order valence-corrected chi connectivity index (χ4v) is 3.96. The van der Waals surface area contributed by atoms with Gasteiger partial charge in [-0.05, 0) is 48.5 Å². The van der Waals surface area contributed by atoms with Crippen LogP contribution < -0.4 is 11.1 Å². The molecule has 0 aliphatic carbocycles. The van der Waals surface area contributed by atoms with E-state index in [4.69, 9.17) is 5.73 Å². The molecule has 0 spiro atoms. The van der Waals surface area contributed by atoms with Crippen molar-refractivity contribution in [3.8, 4) is 0 Å². The van der Waals surface area contributed by atoms with Gasteiger partial charge in [0.1, 0.15) is 11.2 Å². The normalized spacial score (nSPS) is 11.4. The Morgan fingerprint density at radius 3 is 2.41 bits per heavy atom. The zero-order chi connectivity index (χ0) is 19.6. The van der Waals surface area contributed by atoms with Crippen molar-refractivity contribution in [2.24, 2.45) is 10.2 Å². The lowest BCUT2D eigenvalue weighted by Gasteiger charge is -2.11. The number of hydrogen-bond acceptors (Lipinski definition) is 6. The van der Waals surface area contributed by atoms with Crippen molar-refractivity contribution in [3.63, 3.8) is 0 Å². The van der Waals surface area contributed by atoms with E-state index < -0.39 is 0 Å². The summed E-state index contributed by atoms with van der Waals surface area (Å²) in [6, 6.07) is 25.8. The highest BCUT2D eigenvalue weighted by molar-refractivity contribution is 7.16. The topological polar surface area (TPSA) is 75.7 Å². The molecule has 0 saturated heterocycles. The minimum Gasteiger partial charge on any atom is -0.399 e. The first-order valence-electron chi connectivity index (χ1n) is 9.16. The SMILES string of the molecule is Nc1ccc(Nc2ccc(N=Nc3cccc4scnc34)c3ccccc23)cc1. The Balaban J connectivity index is 1.54. The zero-order valence-corrected chi connectivity index (χ0v) is 16.2. The average Bonchev–Trinajstić information content (AvgIpc) is 3.24. The van der Waals surface area contributed by atoms with Gasteiger partial charge >= 0.3 is 0 Å². The smallest absolute Gasteiger partial charge is 0.113 e. The molecule has 0 saturated carbocycles. The molecule has 0 atom stereocenters. The highest BCUT2D eigenvalue weighted by Crippen LogP contribution is 2.35. The third-order valence-electron chi connectivity index (χ3n) is 4.70. The van der Waals surface area contributed by atoms with Gasteiger partial charge in [-0.15, -0.1) is 21.6 Å². The highest BCUT2D eigenvalue weighted by atomic mass is 32.1. The van der Waals surface area contributed by atoms with Gasteiger partial charge in [-0.2, -0.15) is 0 Å². The third-order valence-corrected chi connectivity index (χ3v) is 5.49. The lowest BCUT2D eigenvalue weighted by molar-refractivity contribution is 1.24. The number of hydrogen-bond donors (Lipinski definition) is 2. The molecule has 4 aromatic carbocycles. The lowest BCUT2D eigenvalue weighted by Crippen LogP contribution is -1.92. The number of rotatable bonds is 4. The summed E-state index contributed by atoms with van der Waals surface area (Å²) < 4.78 is 1.11. The summed E-state index contributed by atoms with van der Waals surface area (Å²) in [5.74, 6) is 0. The maximum atomic E-state index is 5.79. The highest BCUT2D eigenvalue weighted by Gasteiger charge is 2.07. The number of fused-ring (bicyclic) bond motifs is 2. The fraction of sp³-hybridized carbons (Fsp3) is 0. The lowest BCUT2D eigenvalue weighted by atomic mass is 10.1. The Hall–Kier alpha value is -3.77. The monoisotopic (exact) mass is 395 g/mol. The average molecular weight is 395 g/mol. The van der Waals surface area contributed by atoms with Crippen molar-refractivity contribution in [2.75, 3.05) is 11.1 Å². The summed E-state index contributed by atoms with van der Waals surface area (Å²) >= 11 is 1.60. The molecule has 5 rings (SSSR count). The predicted molar refractivity (Wildman–Crippen MR) is 122 cm³/mol. The van der Waals surface area contributed by atoms with Crippen LogP contribution >= 0.6 is 11.3 Å². The first kappa shape index (κ1) is 17.3. The molecule has 29 heavy (non-hydrogen) atoms. The molecule has 5 nitrogen and oxygen atoms in total. The van der Waals surface area contributed by atoms with E-state index in [0.717, 1.165) is 49.4 Å². The molecule has 3 N–H and O–H groups in total. The molecule has 0 aliphatic heterocycles. The molecule has 1 aromatic heterocycles. The number of azo groups is 1. The van der Waals surface area contributed by atoms with Crippen LogP contribution in [-0.4, -0.2) is 4.98 Å². The second kappa shape index (κ2) is 7.33. The number of aromatic nitrogens is 1. The molecule has 0 aliphatic rings. The van der Waals surface area contributed by atoms with Crippen LogP contribution in [0.2, 0.25) is 0 Å². The van der Waals surface area contributed by atoms with Crippen molar-refractivity contribution < 1.29 is 0 Å². The second-order valence-corrected chi connectivity index (χ2v) is 7.49. The van der Waals surface area contributed by atoms with Crippen LogP contribution in [0.1, 0.15) is 0 Å². The van der Waals surface area contributed by atoms with Crippen LogP contribution in [0, 0.1) is 0 Å². The molecule has 6 heteroatoms. The first-order chi connectivity index (χ1) is 14.3. The molecule has 0 fully saturated rings. The van der Waals surface area contributed by atoms with Crippen LogP contribution in [0.4, 0.5) is 28.4 Å². The van der Waals surface area contributed by atoms with E-state index in [1.165, 1.54) is 0 Å². The molecule has 1 heterocycles. The van der Waals surface area contributed by atoms with Crippen molar-refractivity contribution in [1.82, 2.24) is 4.98 Å². The number of thiazole rings is 1. The largest absolute Gasteiger partial charge is 0.399 e. The molecule has 5 aromatic rings. The fourth-order valence-electron chi connectivity index (χ4n) is 3.26. The van der Waals surface area contributed by atoms with Gasteiger partial charge in [0.2, 0.25) is 0 Å². The standard InChI is InChI=1S/C23H17N5S/c24-15-8-10-16(11-9-15)26-19-12-13-20(18-5-2-1-4-17(18)19)27-28-21-6-3-7-22-23(21)25-14-29-22/h1-14,26H,24H2. The molecule has 0 radical (unpaired) electrons. The number of para-hydroxylation sites is 1. The second-order valence-electron chi connectivity index (χ2n) is 6.60. The molecular formula is C23H17N5S. The van der Waals surface area contributed by atoms with Gasteiger partial charge in [0, 0.05) is 27.8 Å². The van der Waals surface area contributed by atoms with Crippen LogP contribution in [0.5, 0.6) is 0 Å². The van der Waals surface area contributed by atoms with Gasteiger partial charge in [-0.1, -0.05) is 30.3 Å². The molecular weight excluding hydrogens is 378 g/mol. The molecule has 0 bridgehead atoms. The molecule has 140 valence electrons. The van der Waals surface area contributed by atoms with Crippen molar-refractivity contribution in [1.29, 1.82) is 0 Å². The summed E-state index contributed by atoms with van der Waals surface area (Å²) in [7, 11) is 0. The molecule has 0 amide bonds. The van der Waals surface area contributed by atoms with Crippen LogP contribution in [0.15, 0.2) is 94.6 Å². The predicted octanol–water partition coefficient (Wildman–Crippen LogP) is 7.19. The number of benzene rings is 4. The third kappa shape index (κ3) is 3.41. The van der Waals surface area contributed by atoms with Crippen LogP contribution in [0.25, 0.3) is 21.0 Å². The summed E-state index contributed by atoms with van der Waals surface area (Å²) in [4.78, 5) is 4.41. The van der Waals surface area contributed by atoms with Crippen molar-refractivity contribution >= 4 is 60.8 Å². The number of nitrogens with two attached hydrogens (primary N) is 1. The Kier molecular flexibility index (Phi) is 4.38. The maximum Gasteiger partial charge on any atom is 0.113 e. The van der Waals surface area contributed by atoms with Crippen molar-refractivity contribution in [2.45, 2.75) is 0 Å². The van der Waals surface area contributed by atoms with E-state index in [9.17, 15) is 0 Å². The zero-order valence-electron chi connectivity index (χ0n) is 15.4. The Morgan fingerprint density at radius 1 is 0.759 bits per heavy atom. The van der Waals surface area contributed by atoms with Gasteiger partial charge in [0.25, 0.3) is 0 Å². The summed E-state index contributed by atoms with van der Waals surface area (Å²) in [6.07, 6.45) is 0. The van der Waals surface area contributed by atoms with E-state index in [1.807, 2.05) is 72.2 Å². The number of anilines is 3. The summed E-state index contributed by atoms with van der Waals surface area (Å²) in [6.45, 7) is 0. The van der Waals surface area contributed by atoms with Gasteiger partial charge in [0.05, 0.1) is 15.9 Å². The Bertz CT molecular complexity index is 1340. The van der Waals surface area contributed by atoms with Crippen LogP contribution in [0.3, 0.4) is 0 Å². The van der Waals surface area contributed by atoms with E-state index in [1.54, 1.807) is 11.3 Å². The van der Waals surface area contributed by atoms with Gasteiger partial charge in [-0.25, -0.2) is 4.98 Å². The van der Waals surface area contributed by atoms with E-state index in [-0.39, 0.29) is 0 Å². The van der Waals surface area contributed by atoms with E-state index in [0.29, 0.717) is 0 Å². The van der Waals surface area contributed by atoms with E-state index in [2.05, 4.69) is 32.7 Å². The minimum atomic E-state index is 0.742. The quantitative estimate of drug-likeness (QED) is 0.250. The Labute approximate surface area is 171 Å². The Morgan fingerprint density at radius 2 is 1.55 bits per heavy atom. The summed E-state index contributed by atoms with van der Waals surface area (Å²) in [5, 5.41) is 14.6. The van der Waals surface area contributed by atoms with Crippen LogP contribution in [-0.2, 0) is 0 Å². The first-order valence-corrected chi connectivity index (χ1v) is 10.0. The number of nitrogen functional groups attached to an aromatic ring is 1. The maximum absolute atomic E-state index is 5.79. The summed E-state index contributed by atoms with van der Waals surface area (Å²) in [5.41, 5.74) is 12.8. The van der Waals surface area contributed by atoms with Gasteiger partial charge in [0.15, 0.2) is 0 Å². The van der Waals surface area contributed by atoms with E-state index >= 15 is 0 Å². The molecule has 0 unspecified atom stereocenters. The van der Waals surface area contributed by atoms with Crippen molar-refractivity contribution in [3.05, 3.63) is 84.4 Å². The number of nitrogens with zero attached hydrogens (tertiary/aromatic N) is 3. The number of nitrogens with one attached hydrogen (secondary N) is 1. The minimum absolute atomic E-state index is 0.742. The van der Waals surface area contributed by atoms with Gasteiger partial charge in [-0.3, -0.25) is 0 Å².